The minimum Gasteiger partial charge on any atom is -0.354 e. The predicted octanol–water partition coefficient (Wildman–Crippen LogP) is 1.63. The average molecular weight is 248 g/mol. The lowest BCUT2D eigenvalue weighted by Crippen LogP contribution is -2.46. The Morgan fingerprint density at radius 2 is 2.00 bits per heavy atom. The van der Waals surface area contributed by atoms with Crippen LogP contribution in [0.4, 0.5) is 5.82 Å². The molecule has 18 heavy (non-hydrogen) atoms. The molecule has 0 saturated carbocycles. The Balaban J connectivity index is 1.93. The molecule has 100 valence electrons. The largest absolute Gasteiger partial charge is 0.354 e. The van der Waals surface area contributed by atoms with Gasteiger partial charge in [-0.2, -0.15) is 0 Å². The zero-order valence-corrected chi connectivity index (χ0v) is 11.5. The van der Waals surface area contributed by atoms with Crippen molar-refractivity contribution in [2.24, 2.45) is 5.73 Å². The zero-order chi connectivity index (χ0) is 13.0. The quantitative estimate of drug-likeness (QED) is 0.880. The highest BCUT2D eigenvalue weighted by Crippen LogP contribution is 2.16. The number of anilines is 1. The Bertz CT molecular complexity index is 353. The number of nitrogens with zero attached hydrogens (tertiary/aromatic N) is 3. The molecule has 0 amide bonds. The molecule has 2 N–H and O–H groups in total. The first-order chi connectivity index (χ1) is 8.70. The molecule has 4 heteroatoms. The third-order valence-corrected chi connectivity index (χ3v) is 3.53. The van der Waals surface area contributed by atoms with Crippen molar-refractivity contribution >= 4 is 5.82 Å². The molecule has 1 fully saturated rings. The van der Waals surface area contributed by atoms with E-state index in [0.29, 0.717) is 0 Å². The van der Waals surface area contributed by atoms with Crippen LogP contribution in [0, 0.1) is 0 Å². The summed E-state index contributed by atoms with van der Waals surface area (Å²) in [6.45, 7) is 9.87. The molecule has 0 spiro atoms. The molecule has 0 radical (unpaired) electrons. The summed E-state index contributed by atoms with van der Waals surface area (Å²) in [6, 6.07) is 4.24. The molecule has 1 aromatic rings. The highest BCUT2D eigenvalue weighted by molar-refractivity contribution is 5.40. The lowest BCUT2D eigenvalue weighted by Gasteiger charge is -2.35. The molecule has 1 unspecified atom stereocenters. The number of rotatable bonds is 4. The van der Waals surface area contributed by atoms with Gasteiger partial charge in [0.2, 0.25) is 0 Å². The van der Waals surface area contributed by atoms with Crippen molar-refractivity contribution in [2.45, 2.75) is 26.3 Å². The van der Waals surface area contributed by atoms with Crippen molar-refractivity contribution < 1.29 is 0 Å². The minimum absolute atomic E-state index is 0.0629. The van der Waals surface area contributed by atoms with E-state index in [-0.39, 0.29) is 6.04 Å². The van der Waals surface area contributed by atoms with Gasteiger partial charge in [0.25, 0.3) is 0 Å². The molecule has 0 aliphatic carbocycles. The van der Waals surface area contributed by atoms with Gasteiger partial charge in [0.05, 0.1) is 0 Å². The van der Waals surface area contributed by atoms with Crippen molar-refractivity contribution in [3.05, 3.63) is 23.9 Å². The maximum absolute atomic E-state index is 5.83. The third-order valence-electron chi connectivity index (χ3n) is 3.53. The van der Waals surface area contributed by atoms with Crippen LogP contribution in [0.2, 0.25) is 0 Å². The number of pyridine rings is 1. The van der Waals surface area contributed by atoms with Gasteiger partial charge in [-0.1, -0.05) is 13.0 Å². The summed E-state index contributed by atoms with van der Waals surface area (Å²) >= 11 is 0. The fourth-order valence-corrected chi connectivity index (χ4v) is 2.37. The Kier molecular flexibility index (Phi) is 4.55. The van der Waals surface area contributed by atoms with Gasteiger partial charge >= 0.3 is 0 Å². The van der Waals surface area contributed by atoms with Gasteiger partial charge < -0.3 is 10.6 Å². The molecule has 4 nitrogen and oxygen atoms in total. The van der Waals surface area contributed by atoms with Crippen LogP contribution in [0.25, 0.3) is 0 Å². The van der Waals surface area contributed by atoms with Crippen LogP contribution >= 0.6 is 0 Å². The summed E-state index contributed by atoms with van der Waals surface area (Å²) < 4.78 is 0. The topological polar surface area (TPSA) is 45.4 Å². The normalized spacial score (nSPS) is 18.9. The second-order valence-electron chi connectivity index (χ2n) is 5.07. The molecule has 0 bridgehead atoms. The van der Waals surface area contributed by atoms with Crippen LogP contribution < -0.4 is 10.6 Å². The molecule has 1 saturated heterocycles. The highest BCUT2D eigenvalue weighted by atomic mass is 15.3. The van der Waals surface area contributed by atoms with Gasteiger partial charge in [-0.15, -0.1) is 0 Å². The van der Waals surface area contributed by atoms with Crippen LogP contribution in [0.15, 0.2) is 18.3 Å². The number of hydrogen-bond acceptors (Lipinski definition) is 4. The summed E-state index contributed by atoms with van der Waals surface area (Å²) in [5, 5.41) is 0. The molecule has 1 aliphatic rings. The molecule has 0 aromatic carbocycles. The Morgan fingerprint density at radius 1 is 1.28 bits per heavy atom. The van der Waals surface area contributed by atoms with Gasteiger partial charge in [-0.05, 0) is 31.5 Å². The lowest BCUT2D eigenvalue weighted by molar-refractivity contribution is 0.258. The van der Waals surface area contributed by atoms with Crippen molar-refractivity contribution in [3.8, 4) is 0 Å². The fraction of sp³-hybridized carbons (Fsp3) is 0.643. The monoisotopic (exact) mass is 248 g/mol. The van der Waals surface area contributed by atoms with Gasteiger partial charge in [-0.25, -0.2) is 4.98 Å². The molecule has 2 heterocycles. The average Bonchev–Trinajstić information content (AvgIpc) is 2.40. The maximum atomic E-state index is 5.83. The summed E-state index contributed by atoms with van der Waals surface area (Å²) in [6.07, 6.45) is 3.14. The third kappa shape index (κ3) is 3.21. The number of nitrogens with two attached hydrogens (primary N) is 1. The Labute approximate surface area is 110 Å². The fourth-order valence-electron chi connectivity index (χ4n) is 2.37. The Morgan fingerprint density at radius 3 is 2.50 bits per heavy atom. The van der Waals surface area contributed by atoms with E-state index in [1.165, 1.54) is 13.0 Å². The number of hydrogen-bond donors (Lipinski definition) is 1. The van der Waals surface area contributed by atoms with Crippen LogP contribution in [-0.4, -0.2) is 42.6 Å². The smallest absolute Gasteiger partial charge is 0.128 e. The van der Waals surface area contributed by atoms with E-state index in [1.54, 1.807) is 0 Å². The molecule has 1 aliphatic heterocycles. The van der Waals surface area contributed by atoms with Crippen molar-refractivity contribution in [1.29, 1.82) is 0 Å². The van der Waals surface area contributed by atoms with Crippen molar-refractivity contribution in [1.82, 2.24) is 9.88 Å². The number of aromatic nitrogens is 1. The summed E-state index contributed by atoms with van der Waals surface area (Å²) in [4.78, 5) is 9.40. The van der Waals surface area contributed by atoms with Crippen LogP contribution in [0.5, 0.6) is 0 Å². The van der Waals surface area contributed by atoms with E-state index in [2.05, 4.69) is 33.8 Å². The second kappa shape index (κ2) is 6.16. The molecular weight excluding hydrogens is 224 g/mol. The zero-order valence-electron chi connectivity index (χ0n) is 11.5. The summed E-state index contributed by atoms with van der Waals surface area (Å²) in [5.41, 5.74) is 6.93. The molecule has 1 aromatic heterocycles. The van der Waals surface area contributed by atoms with Gasteiger partial charge in [0, 0.05) is 38.4 Å². The van der Waals surface area contributed by atoms with E-state index < -0.39 is 0 Å². The van der Waals surface area contributed by atoms with Gasteiger partial charge in [0.1, 0.15) is 5.82 Å². The van der Waals surface area contributed by atoms with E-state index in [9.17, 15) is 0 Å². The predicted molar refractivity (Wildman–Crippen MR) is 75.8 cm³/mol. The lowest BCUT2D eigenvalue weighted by atomic mass is 10.1. The van der Waals surface area contributed by atoms with Crippen LogP contribution in [-0.2, 0) is 0 Å². The van der Waals surface area contributed by atoms with E-state index in [1.807, 2.05) is 13.1 Å². The maximum Gasteiger partial charge on any atom is 0.128 e. The highest BCUT2D eigenvalue weighted by Gasteiger charge is 2.17. The van der Waals surface area contributed by atoms with Crippen molar-refractivity contribution in [3.63, 3.8) is 0 Å². The van der Waals surface area contributed by atoms with Crippen LogP contribution in [0.3, 0.4) is 0 Å². The second-order valence-corrected chi connectivity index (χ2v) is 5.07. The molecule has 1 atom stereocenters. The first kappa shape index (κ1) is 13.3. The first-order valence-corrected chi connectivity index (χ1v) is 6.89. The Hall–Kier alpha value is -1.13. The standard InChI is InChI=1S/C14H24N4/c1-3-6-17-7-9-18(10-8-17)14-5-4-13(11-16-14)12(2)15/h4-5,11-12H,3,6-10,15H2,1-2H3. The van der Waals surface area contributed by atoms with Gasteiger partial charge in [-0.3, -0.25) is 4.90 Å². The number of piperazine rings is 1. The first-order valence-electron chi connectivity index (χ1n) is 6.89. The van der Waals surface area contributed by atoms with E-state index >= 15 is 0 Å². The summed E-state index contributed by atoms with van der Waals surface area (Å²) in [7, 11) is 0. The van der Waals surface area contributed by atoms with E-state index in [0.717, 1.165) is 37.6 Å². The van der Waals surface area contributed by atoms with Crippen molar-refractivity contribution in [2.75, 3.05) is 37.6 Å². The van der Waals surface area contributed by atoms with E-state index in [4.69, 9.17) is 5.73 Å². The van der Waals surface area contributed by atoms with Crippen LogP contribution in [0.1, 0.15) is 31.9 Å². The molecular formula is C14H24N4. The molecule has 2 rings (SSSR count). The SMILES string of the molecule is CCCN1CCN(c2ccc(C(C)N)cn2)CC1. The summed E-state index contributed by atoms with van der Waals surface area (Å²) in [5.74, 6) is 1.08. The minimum atomic E-state index is 0.0629. The van der Waals surface area contributed by atoms with Gasteiger partial charge in [0.15, 0.2) is 0 Å².